The van der Waals surface area contributed by atoms with Gasteiger partial charge in [0.05, 0.1) is 0 Å². The van der Waals surface area contributed by atoms with Gasteiger partial charge < -0.3 is 0 Å². The Kier molecular flexibility index (Phi) is 2.49. The monoisotopic (exact) mass is 271 g/mol. The fourth-order valence-corrected chi connectivity index (χ4v) is 7.10. The average Bonchev–Trinajstić information content (AvgIpc) is 2.36. The topological polar surface area (TPSA) is 12.0 Å². The Labute approximate surface area is 101 Å². The van der Waals surface area contributed by atoms with Gasteiger partial charge in [-0.2, -0.15) is 0 Å². The molecule has 1 N–H and O–H groups in total. The van der Waals surface area contributed by atoms with E-state index < -0.39 is 14.7 Å². The van der Waals surface area contributed by atoms with Crippen molar-refractivity contribution in [2.45, 2.75) is 12.1 Å². The zero-order valence-electron chi connectivity index (χ0n) is 9.27. The minimum absolute atomic E-state index is 1.04. The van der Waals surface area contributed by atoms with Crippen LogP contribution >= 0.6 is 0 Å². The summed E-state index contributed by atoms with van der Waals surface area (Å²) >= 11 is -1.04. The number of anilines is 2. The average molecular weight is 271 g/mol. The van der Waals surface area contributed by atoms with Gasteiger partial charge >= 0.3 is 101 Å². The molecular formula is C14H14AsN. The van der Waals surface area contributed by atoms with E-state index in [2.05, 4.69) is 60.8 Å². The summed E-state index contributed by atoms with van der Waals surface area (Å²) in [5, 5.41) is 4.84. The van der Waals surface area contributed by atoms with Crippen LogP contribution in [0.2, 0.25) is 5.21 Å². The van der Waals surface area contributed by atoms with Crippen LogP contribution in [0.15, 0.2) is 48.5 Å². The van der Waals surface area contributed by atoms with Crippen LogP contribution in [0.25, 0.3) is 0 Å². The van der Waals surface area contributed by atoms with E-state index in [1.54, 1.807) is 8.70 Å². The summed E-state index contributed by atoms with van der Waals surface area (Å²) in [5.74, 6) is 0. The van der Waals surface area contributed by atoms with E-state index in [1.807, 2.05) is 0 Å². The molecule has 2 aromatic carbocycles. The molecule has 0 fully saturated rings. The molecule has 0 amide bonds. The van der Waals surface area contributed by atoms with E-state index in [9.17, 15) is 0 Å². The zero-order valence-corrected chi connectivity index (χ0v) is 11.1. The summed E-state index contributed by atoms with van der Waals surface area (Å²) in [4.78, 5) is 0. The SMILES string of the molecule is CC[As]1c2ccccc2Nc2ccccc21. The molecule has 0 unspecified atom stereocenters. The maximum atomic E-state index is 3.54. The fourth-order valence-electron chi connectivity index (χ4n) is 2.24. The molecule has 1 aliphatic rings. The van der Waals surface area contributed by atoms with E-state index in [1.165, 1.54) is 16.6 Å². The summed E-state index contributed by atoms with van der Waals surface area (Å²) in [7, 11) is 0. The quantitative estimate of drug-likeness (QED) is 0.785. The van der Waals surface area contributed by atoms with Crippen LogP contribution < -0.4 is 14.0 Å². The normalized spacial score (nSPS) is 13.8. The summed E-state index contributed by atoms with van der Waals surface area (Å²) in [5.41, 5.74) is 2.64. The van der Waals surface area contributed by atoms with Gasteiger partial charge in [-0.05, 0) is 0 Å². The Bertz CT molecular complexity index is 476. The molecule has 3 rings (SSSR count). The molecule has 1 heterocycles. The van der Waals surface area contributed by atoms with Crippen molar-refractivity contribution >= 4 is 34.7 Å². The Hall–Kier alpha value is -1.20. The number of para-hydroxylation sites is 2. The summed E-state index contributed by atoms with van der Waals surface area (Å²) < 4.78 is 3.13. The van der Waals surface area contributed by atoms with Crippen molar-refractivity contribution in [2.75, 3.05) is 5.32 Å². The number of nitrogens with one attached hydrogen (secondary N) is 1. The van der Waals surface area contributed by atoms with Crippen LogP contribution in [-0.4, -0.2) is 14.7 Å². The third-order valence-corrected chi connectivity index (χ3v) is 8.38. The zero-order chi connectivity index (χ0) is 11.0. The van der Waals surface area contributed by atoms with Crippen molar-refractivity contribution < 1.29 is 0 Å². The van der Waals surface area contributed by atoms with Gasteiger partial charge in [0.25, 0.3) is 0 Å². The van der Waals surface area contributed by atoms with Crippen molar-refractivity contribution in [3.63, 3.8) is 0 Å². The third-order valence-electron chi connectivity index (χ3n) is 2.98. The predicted octanol–water partition coefficient (Wildman–Crippen LogP) is 2.37. The first-order chi connectivity index (χ1) is 7.90. The number of fused-ring (bicyclic) bond motifs is 2. The van der Waals surface area contributed by atoms with E-state index in [-0.39, 0.29) is 0 Å². The van der Waals surface area contributed by atoms with E-state index >= 15 is 0 Å². The van der Waals surface area contributed by atoms with Gasteiger partial charge in [0.2, 0.25) is 0 Å². The first-order valence-corrected chi connectivity index (χ1v) is 8.83. The molecule has 0 spiro atoms. The van der Waals surface area contributed by atoms with Crippen molar-refractivity contribution in [3.8, 4) is 0 Å². The minimum atomic E-state index is -1.04. The van der Waals surface area contributed by atoms with Crippen molar-refractivity contribution in [2.24, 2.45) is 0 Å². The molecule has 2 aromatic rings. The molecular weight excluding hydrogens is 257 g/mol. The Balaban J connectivity index is 2.19. The van der Waals surface area contributed by atoms with Crippen LogP contribution in [0.1, 0.15) is 6.92 Å². The third kappa shape index (κ3) is 1.47. The second-order valence-electron chi connectivity index (χ2n) is 3.90. The summed E-state index contributed by atoms with van der Waals surface area (Å²) in [6.45, 7) is 2.32. The summed E-state index contributed by atoms with van der Waals surface area (Å²) in [6.07, 6.45) is 0. The molecule has 0 atom stereocenters. The van der Waals surface area contributed by atoms with Gasteiger partial charge in [-0.1, -0.05) is 0 Å². The fraction of sp³-hybridized carbons (Fsp3) is 0.143. The van der Waals surface area contributed by atoms with E-state index in [4.69, 9.17) is 0 Å². The van der Waals surface area contributed by atoms with Crippen LogP contribution in [0, 0.1) is 0 Å². The van der Waals surface area contributed by atoms with Gasteiger partial charge in [0, 0.05) is 0 Å². The molecule has 0 bridgehead atoms. The van der Waals surface area contributed by atoms with Gasteiger partial charge in [0.1, 0.15) is 0 Å². The Morgan fingerprint density at radius 2 is 1.38 bits per heavy atom. The molecule has 0 aliphatic carbocycles. The van der Waals surface area contributed by atoms with E-state index in [0.29, 0.717) is 0 Å². The standard InChI is InChI=1S/C14H14AsN/c1-2-15-11-7-3-5-9-13(11)16-14-10-6-4-8-12(14)15/h3-10,16H,2H2,1H3. The molecule has 1 aliphatic heterocycles. The predicted molar refractivity (Wildman–Crippen MR) is 71.7 cm³/mol. The van der Waals surface area contributed by atoms with Gasteiger partial charge in [-0.25, -0.2) is 0 Å². The van der Waals surface area contributed by atoms with Crippen molar-refractivity contribution in [1.82, 2.24) is 0 Å². The van der Waals surface area contributed by atoms with Gasteiger partial charge in [-0.15, -0.1) is 0 Å². The van der Waals surface area contributed by atoms with Gasteiger partial charge in [-0.3, -0.25) is 0 Å². The molecule has 0 saturated heterocycles. The molecule has 80 valence electrons. The first-order valence-electron chi connectivity index (χ1n) is 5.63. The van der Waals surface area contributed by atoms with Gasteiger partial charge in [0.15, 0.2) is 0 Å². The molecule has 2 heteroatoms. The Morgan fingerprint density at radius 1 is 0.875 bits per heavy atom. The number of rotatable bonds is 1. The van der Waals surface area contributed by atoms with Crippen molar-refractivity contribution in [3.05, 3.63) is 48.5 Å². The summed E-state index contributed by atoms with van der Waals surface area (Å²) in [6, 6.07) is 17.5. The second kappa shape index (κ2) is 3.99. The molecule has 1 nitrogen and oxygen atoms in total. The van der Waals surface area contributed by atoms with Crippen LogP contribution in [0.5, 0.6) is 0 Å². The number of hydrogen-bond acceptors (Lipinski definition) is 1. The Morgan fingerprint density at radius 3 is 1.88 bits per heavy atom. The first kappa shape index (κ1) is 9.98. The molecule has 0 saturated carbocycles. The van der Waals surface area contributed by atoms with Crippen molar-refractivity contribution in [1.29, 1.82) is 0 Å². The maximum absolute atomic E-state index is 3.54. The number of hydrogen-bond donors (Lipinski definition) is 1. The molecule has 0 radical (unpaired) electrons. The van der Waals surface area contributed by atoms with E-state index in [0.717, 1.165) is 0 Å². The molecule has 0 aromatic heterocycles. The van der Waals surface area contributed by atoms with Crippen LogP contribution in [-0.2, 0) is 0 Å². The number of benzene rings is 2. The second-order valence-corrected chi connectivity index (χ2v) is 9.05. The van der Waals surface area contributed by atoms with Crippen LogP contribution in [0.4, 0.5) is 11.4 Å². The molecule has 16 heavy (non-hydrogen) atoms. The van der Waals surface area contributed by atoms with Crippen LogP contribution in [0.3, 0.4) is 0 Å².